The largest absolute Gasteiger partial charge is 0.481 e. The van der Waals surface area contributed by atoms with Gasteiger partial charge in [-0.05, 0) is 49.7 Å². The van der Waals surface area contributed by atoms with Crippen LogP contribution >= 0.6 is 22.7 Å². The molecule has 0 aromatic heterocycles. The fourth-order valence-corrected chi connectivity index (χ4v) is 5.09. The molecule has 1 rings (SSSR count). The van der Waals surface area contributed by atoms with Crippen LogP contribution in [0.1, 0.15) is 121 Å². The second kappa shape index (κ2) is 20.7. The summed E-state index contributed by atoms with van der Waals surface area (Å²) in [5.74, 6) is 3.02. The lowest BCUT2D eigenvalue weighted by molar-refractivity contribution is -0.139. The first-order chi connectivity index (χ1) is 17.5. The number of hydrogen-bond donors (Lipinski definition) is 2. The third-order valence-electron chi connectivity index (χ3n) is 7.07. The lowest BCUT2D eigenvalue weighted by Gasteiger charge is -2.19. The first-order valence-corrected chi connectivity index (χ1v) is 15.9. The van der Waals surface area contributed by atoms with Gasteiger partial charge in [-0.2, -0.15) is 0 Å². The topological polar surface area (TPSA) is 55.8 Å². The van der Waals surface area contributed by atoms with Gasteiger partial charge in [0, 0.05) is 11.1 Å². The van der Waals surface area contributed by atoms with Crippen molar-refractivity contribution in [1.82, 2.24) is 0 Å². The van der Waals surface area contributed by atoms with Gasteiger partial charge in [-0.1, -0.05) is 123 Å². The van der Waals surface area contributed by atoms with Gasteiger partial charge >= 0.3 is 5.97 Å². The molecule has 0 saturated heterocycles. The Balaban J connectivity index is 0.000000702. The van der Waals surface area contributed by atoms with Crippen LogP contribution < -0.4 is 8.92 Å². The molecule has 0 fully saturated rings. The van der Waals surface area contributed by atoms with E-state index in [1.165, 1.54) is 64.2 Å². The maximum absolute atomic E-state index is 10.6. The van der Waals surface area contributed by atoms with Gasteiger partial charge in [0.05, 0.1) is 0 Å². The van der Waals surface area contributed by atoms with E-state index < -0.39 is 5.97 Å². The van der Waals surface area contributed by atoms with E-state index in [1.54, 1.807) is 6.08 Å². The molecule has 214 valence electrons. The highest BCUT2D eigenvalue weighted by molar-refractivity contribution is 8.66. The van der Waals surface area contributed by atoms with Crippen molar-refractivity contribution >= 4 is 34.8 Å². The Morgan fingerprint density at radius 3 is 1.86 bits per heavy atom. The van der Waals surface area contributed by atoms with Crippen LogP contribution in [0, 0.1) is 38.5 Å². The molecule has 6 heteroatoms. The minimum Gasteiger partial charge on any atom is -0.481 e. The van der Waals surface area contributed by atoms with E-state index >= 15 is 0 Å². The molecule has 0 saturated carbocycles. The normalized spacial score (nSPS) is 12.5. The van der Waals surface area contributed by atoms with Gasteiger partial charge in [0.25, 0.3) is 0 Å². The Morgan fingerprint density at radius 1 is 0.892 bits per heavy atom. The van der Waals surface area contributed by atoms with E-state index in [0.717, 1.165) is 51.1 Å². The number of carboxylic acid groups (broad SMARTS) is 1. The first kappa shape index (κ1) is 35.7. The molecular weight excluding hydrogens is 500 g/mol. The van der Waals surface area contributed by atoms with Gasteiger partial charge < -0.3 is 14.0 Å². The summed E-state index contributed by atoms with van der Waals surface area (Å²) in [5.41, 5.74) is 3.31. The molecule has 0 bridgehead atoms. The van der Waals surface area contributed by atoms with E-state index in [-0.39, 0.29) is 6.61 Å². The maximum Gasteiger partial charge on any atom is 0.341 e. The standard InChI is InChI=1S/C18H38.C13H16O4S2/c1-6-7-8-12-17(4)14-10-15-18(5)13-9-11-16(2)3;1-5-10-9(4)12(16-6-11(14)15)7(2)8(3)13(10)17-19-18/h16-18H,6-15H2,1-5H3;5,18H,1,6H2,2-4H3,(H,14,15)/t17-,18+;/m0./s1. The van der Waals surface area contributed by atoms with Crippen molar-refractivity contribution in [2.45, 2.75) is 120 Å². The number of rotatable bonds is 18. The molecule has 0 spiro atoms. The molecule has 0 amide bonds. The quantitative estimate of drug-likeness (QED) is 0.0818. The van der Waals surface area contributed by atoms with Gasteiger partial charge in [-0.3, -0.25) is 0 Å². The zero-order valence-electron chi connectivity index (χ0n) is 24.8. The number of aliphatic carboxylic acids is 1. The fourth-order valence-electron chi connectivity index (χ4n) is 4.58. The van der Waals surface area contributed by atoms with Crippen molar-refractivity contribution < 1.29 is 18.8 Å². The summed E-state index contributed by atoms with van der Waals surface area (Å²) in [6.45, 7) is 20.8. The summed E-state index contributed by atoms with van der Waals surface area (Å²) in [6.07, 6.45) is 16.0. The second-order valence-electron chi connectivity index (χ2n) is 11.0. The molecule has 0 aliphatic carbocycles. The average Bonchev–Trinajstić information content (AvgIpc) is 2.83. The second-order valence-corrected chi connectivity index (χ2v) is 11.7. The molecule has 2 atom stereocenters. The summed E-state index contributed by atoms with van der Waals surface area (Å²) in [6, 6.07) is 0. The monoisotopic (exact) mass is 554 g/mol. The van der Waals surface area contributed by atoms with Crippen LogP contribution in [0.5, 0.6) is 11.5 Å². The van der Waals surface area contributed by atoms with Gasteiger partial charge in [-0.25, -0.2) is 4.79 Å². The highest BCUT2D eigenvalue weighted by Gasteiger charge is 2.19. The third kappa shape index (κ3) is 15.0. The lowest BCUT2D eigenvalue weighted by atomic mass is 9.92. The zero-order valence-corrected chi connectivity index (χ0v) is 26.5. The molecule has 1 aromatic carbocycles. The number of unbranched alkanes of at least 4 members (excludes halogenated alkanes) is 2. The summed E-state index contributed by atoms with van der Waals surface area (Å²) < 4.78 is 10.8. The van der Waals surface area contributed by atoms with Crippen molar-refractivity contribution in [3.8, 4) is 11.5 Å². The summed E-state index contributed by atoms with van der Waals surface area (Å²) >= 11 is 4.93. The molecule has 0 radical (unpaired) electrons. The highest BCUT2D eigenvalue weighted by Crippen LogP contribution is 2.40. The van der Waals surface area contributed by atoms with Crippen molar-refractivity contribution in [1.29, 1.82) is 0 Å². The van der Waals surface area contributed by atoms with Crippen LogP contribution in [0.4, 0.5) is 0 Å². The van der Waals surface area contributed by atoms with Crippen LogP contribution in [0.2, 0.25) is 0 Å². The Labute approximate surface area is 237 Å². The Kier molecular flexibility index (Phi) is 20.0. The first-order valence-electron chi connectivity index (χ1n) is 14.1. The number of benzene rings is 1. The number of carbonyl (C=O) groups is 1. The number of hydrogen-bond acceptors (Lipinski definition) is 5. The number of thiol groups is 1. The van der Waals surface area contributed by atoms with E-state index in [0.29, 0.717) is 11.5 Å². The van der Waals surface area contributed by atoms with Crippen LogP contribution in [-0.2, 0) is 4.79 Å². The Hall–Kier alpha value is -1.27. The molecular formula is C31H54O4S2. The highest BCUT2D eigenvalue weighted by atomic mass is 33.1. The summed E-state index contributed by atoms with van der Waals surface area (Å²) in [4.78, 5) is 10.6. The van der Waals surface area contributed by atoms with Gasteiger partial charge in [-0.15, -0.1) is 0 Å². The molecule has 37 heavy (non-hydrogen) atoms. The van der Waals surface area contributed by atoms with Crippen molar-refractivity contribution in [3.05, 3.63) is 28.8 Å². The lowest BCUT2D eigenvalue weighted by Crippen LogP contribution is -2.12. The molecule has 0 aliphatic rings. The van der Waals surface area contributed by atoms with E-state index in [9.17, 15) is 4.79 Å². The van der Waals surface area contributed by atoms with Gasteiger partial charge in [0.1, 0.15) is 22.6 Å². The van der Waals surface area contributed by atoms with Crippen molar-refractivity contribution in [2.24, 2.45) is 17.8 Å². The zero-order chi connectivity index (χ0) is 28.4. The number of carboxylic acids is 1. The van der Waals surface area contributed by atoms with Gasteiger partial charge in [0.15, 0.2) is 6.61 Å². The van der Waals surface area contributed by atoms with Crippen molar-refractivity contribution in [3.63, 3.8) is 0 Å². The minimum absolute atomic E-state index is 0.376. The summed E-state index contributed by atoms with van der Waals surface area (Å²) in [7, 11) is 0. The molecule has 0 heterocycles. The van der Waals surface area contributed by atoms with E-state index in [4.69, 9.17) is 14.0 Å². The number of ether oxygens (including phenoxy) is 1. The molecule has 1 aromatic rings. The molecule has 0 aliphatic heterocycles. The predicted octanol–water partition coefficient (Wildman–Crippen LogP) is 10.4. The molecule has 4 nitrogen and oxygen atoms in total. The molecule has 1 N–H and O–H groups in total. The third-order valence-corrected chi connectivity index (χ3v) is 7.54. The summed E-state index contributed by atoms with van der Waals surface area (Å²) in [5, 5.41) is 8.71. The molecule has 0 unspecified atom stereocenters. The van der Waals surface area contributed by atoms with Crippen LogP contribution in [0.25, 0.3) is 6.08 Å². The Bertz CT molecular complexity index is 792. The fraction of sp³-hybridized carbons (Fsp3) is 0.710. The predicted molar refractivity (Wildman–Crippen MR) is 166 cm³/mol. The van der Waals surface area contributed by atoms with Crippen molar-refractivity contribution in [2.75, 3.05) is 6.61 Å². The average molecular weight is 555 g/mol. The van der Waals surface area contributed by atoms with E-state index in [1.807, 2.05) is 20.8 Å². The maximum atomic E-state index is 10.6. The smallest absolute Gasteiger partial charge is 0.341 e. The SMILES string of the molecule is C=Cc1c(C)c(OCC(=O)O)c(C)c(C)c1OSS.CCCCC[C@H](C)CCC[C@H](C)CCCC(C)C. The minimum atomic E-state index is -1.01. The van der Waals surface area contributed by atoms with Gasteiger partial charge in [0.2, 0.25) is 0 Å². The van der Waals surface area contributed by atoms with Crippen LogP contribution in [0.3, 0.4) is 0 Å². The van der Waals surface area contributed by atoms with E-state index in [2.05, 4.69) is 52.9 Å². The van der Waals surface area contributed by atoms with Crippen LogP contribution in [-0.4, -0.2) is 17.7 Å². The Morgan fingerprint density at radius 2 is 1.41 bits per heavy atom. The van der Waals surface area contributed by atoms with Crippen LogP contribution in [0.15, 0.2) is 6.58 Å².